The van der Waals surface area contributed by atoms with Crippen LogP contribution in [0.5, 0.6) is 0 Å². The van der Waals surface area contributed by atoms with E-state index in [0.29, 0.717) is 32.4 Å². The Bertz CT molecular complexity index is 2860. The summed E-state index contributed by atoms with van der Waals surface area (Å²) in [4.78, 5) is 44.3. The second kappa shape index (κ2) is 30.3. The van der Waals surface area contributed by atoms with Crippen LogP contribution in [0.4, 0.5) is 0 Å². The fraction of sp³-hybridized carbons (Fsp3) is 0.662. The molecule has 4 heterocycles. The zero-order valence-electron chi connectivity index (χ0n) is 55.5. The summed E-state index contributed by atoms with van der Waals surface area (Å²) in [5.41, 5.74) is 1.05. The van der Waals surface area contributed by atoms with Gasteiger partial charge in [0.25, 0.3) is 8.32 Å². The van der Waals surface area contributed by atoms with Crippen molar-refractivity contribution in [3.63, 3.8) is 0 Å². The molecule has 3 aliphatic heterocycles. The van der Waals surface area contributed by atoms with E-state index in [4.69, 9.17) is 37.7 Å². The van der Waals surface area contributed by atoms with Gasteiger partial charge in [-0.3, -0.25) is 24.0 Å². The van der Waals surface area contributed by atoms with Gasteiger partial charge in [0.1, 0.15) is 35.4 Å². The molecule has 0 bridgehead atoms. The van der Waals surface area contributed by atoms with Crippen LogP contribution < -0.4 is 15.9 Å². The van der Waals surface area contributed by atoms with Crippen molar-refractivity contribution < 1.29 is 72.5 Å². The van der Waals surface area contributed by atoms with Gasteiger partial charge in [-0.1, -0.05) is 145 Å². The number of aryl methyl sites for hydroxylation is 1. The molecular weight excluding hydrogens is 1150 g/mol. The van der Waals surface area contributed by atoms with Gasteiger partial charge >= 0.3 is 5.97 Å². The average Bonchev–Trinajstić information content (AvgIpc) is 1.15. The molecule has 89 heavy (non-hydrogen) atoms. The predicted octanol–water partition coefficient (Wildman–Crippen LogP) is 7.44. The first kappa shape index (κ1) is 71.6. The monoisotopic (exact) mass is 1260 g/mol. The molecule has 20 nitrogen and oxygen atoms in total. The lowest BCUT2D eigenvalue weighted by Crippen LogP contribution is -2.68. The number of cyclic esters (lactones) is 1. The number of aliphatic hydroxyl groups excluding tert-OH is 3. The molecule has 0 unspecified atom stereocenters. The summed E-state index contributed by atoms with van der Waals surface area (Å²) in [6.45, 7) is 24.7. The van der Waals surface area contributed by atoms with E-state index in [1.54, 1.807) is 48.5 Å². The third kappa shape index (κ3) is 16.3. The van der Waals surface area contributed by atoms with E-state index in [0.717, 1.165) is 40.0 Å². The van der Waals surface area contributed by atoms with Crippen LogP contribution in [0, 0.1) is 23.7 Å². The number of amides is 1. The second-order valence-corrected chi connectivity index (χ2v) is 31.5. The molecule has 494 valence electrons. The van der Waals surface area contributed by atoms with Gasteiger partial charge in [-0.05, 0) is 102 Å². The molecule has 1 amide bonds. The van der Waals surface area contributed by atoms with E-state index in [2.05, 4.69) is 65.7 Å². The summed E-state index contributed by atoms with van der Waals surface area (Å²) >= 11 is 0. The van der Waals surface area contributed by atoms with Crippen LogP contribution in [0.25, 0.3) is 11.3 Å². The zero-order chi connectivity index (χ0) is 65.4. The van der Waals surface area contributed by atoms with Gasteiger partial charge in [-0.15, -0.1) is 5.10 Å². The molecule has 4 aromatic rings. The Balaban J connectivity index is 1.02. The van der Waals surface area contributed by atoms with Crippen molar-refractivity contribution in [2.45, 2.75) is 244 Å². The Morgan fingerprint density at radius 3 is 2.01 bits per heavy atom. The van der Waals surface area contributed by atoms with Crippen LogP contribution in [0.2, 0.25) is 5.04 Å². The number of likely N-dealkylation sites (N-methyl/N-ethyl adjacent to an activating group) is 1. The Labute approximate surface area is 528 Å². The molecule has 0 aliphatic carbocycles. The number of hydroxylamine groups is 1. The Morgan fingerprint density at radius 2 is 1.43 bits per heavy atom. The minimum absolute atomic E-state index is 0.0581. The lowest BCUT2D eigenvalue weighted by molar-refractivity contribution is -0.319. The minimum Gasteiger partial charge on any atom is -0.459 e. The quantitative estimate of drug-likeness (QED) is 0.0235. The van der Waals surface area contributed by atoms with Crippen LogP contribution in [0.1, 0.15) is 147 Å². The van der Waals surface area contributed by atoms with E-state index in [-0.39, 0.29) is 42.1 Å². The number of carbonyl (C=O) groups is 3. The highest BCUT2D eigenvalue weighted by molar-refractivity contribution is 6.99. The number of aliphatic hydroxyl groups is 4. The summed E-state index contributed by atoms with van der Waals surface area (Å²) < 4.78 is 53.5. The Hall–Kier alpha value is -4.85. The van der Waals surface area contributed by atoms with Crippen molar-refractivity contribution in [3.8, 4) is 11.3 Å². The third-order valence-corrected chi connectivity index (χ3v) is 24.2. The highest BCUT2D eigenvalue weighted by atomic mass is 28.4. The molecule has 3 saturated heterocycles. The van der Waals surface area contributed by atoms with E-state index in [1.165, 1.54) is 21.1 Å². The number of nitrogens with zero attached hydrogens (tertiary/aromatic N) is 4. The molecule has 3 aliphatic rings. The number of rotatable bonds is 21. The van der Waals surface area contributed by atoms with Crippen LogP contribution >= 0.6 is 0 Å². The Morgan fingerprint density at radius 1 is 0.809 bits per heavy atom. The maximum Gasteiger partial charge on any atom is 0.311 e. The summed E-state index contributed by atoms with van der Waals surface area (Å²) in [7, 11) is 2.04. The van der Waals surface area contributed by atoms with Gasteiger partial charge in [0.05, 0.1) is 53.8 Å². The van der Waals surface area contributed by atoms with Gasteiger partial charge in [0.15, 0.2) is 12.6 Å². The number of carbonyl (C=O) groups excluding carboxylic acids is 3. The smallest absolute Gasteiger partial charge is 0.311 e. The van der Waals surface area contributed by atoms with Gasteiger partial charge in [-0.25, -0.2) is 5.48 Å². The van der Waals surface area contributed by atoms with E-state index in [9.17, 15) is 34.8 Å². The standard InChI is InChI=1S/C68H103N5O15Si/c1-17-54-68(13,80)60(77)44(4)57(75)42(2)38-67(12,82-16)62(45(5)59(46(6)63(79)85-54)86-56-39-66(11,81-15)61(78)47(7)84-56)87-64-58(76)53(37-43(3)83-64)72(14)40-48-32-34-49(35-33-48)52-41-73(71-69-52)36-26-20-25-31-55(74)70-88-89(65(8,9)10,50-27-21-18-22-28-50)51-29-23-19-24-30-51/h18-19,21-24,27-30,32-35,41-47,53-54,56,58-62,64,76-78,80H,17,20,25-26,31,36-40H2,1-16H3,(H,70,74)/t42-,43-,44+,45+,46-,47+,53+,54-,56+,58-,59+,60-,61+,62-,64+,66-,67-,68-/m1/s1. The first-order valence-corrected chi connectivity index (χ1v) is 33.9. The average molecular weight is 1260 g/mol. The number of esters is 1. The van der Waals surface area contributed by atoms with Crippen molar-refractivity contribution in [2.24, 2.45) is 23.7 Å². The highest BCUT2D eigenvalue weighted by Gasteiger charge is 2.55. The number of aromatic nitrogens is 3. The number of ether oxygens (including phenoxy) is 7. The number of hydrogen-bond donors (Lipinski definition) is 5. The van der Waals surface area contributed by atoms with Crippen LogP contribution in [-0.4, -0.2) is 172 Å². The summed E-state index contributed by atoms with van der Waals surface area (Å²) in [5, 5.41) is 58.0. The van der Waals surface area contributed by atoms with Crippen LogP contribution in [0.3, 0.4) is 0 Å². The van der Waals surface area contributed by atoms with Crippen molar-refractivity contribution >= 4 is 36.4 Å². The molecule has 1 aromatic heterocycles. The SMILES string of the molecule is CC[C@H]1OC(=O)[C@H](C)[C@@H](O[C@H]2C[C@@](C)(OC)[C@@H](O)[C@H](C)O2)[C@H](C)[C@@H](O[C@@H]2O[C@H](C)C[C@H](N(C)Cc3ccc(-c4cn(CCCCCC(=O)NO[Si](c5ccccc5)(c5ccccc5)C(C)(C)C)nn4)cc3)[C@H]2O)[C@](C)(OC)C[C@@H](C)C(=O)[C@H](C)[C@@H](O)[C@]1(C)O. The predicted molar refractivity (Wildman–Crippen MR) is 340 cm³/mol. The maximum atomic E-state index is 14.6. The molecule has 5 N–H and O–H groups in total. The van der Waals surface area contributed by atoms with E-state index in [1.807, 2.05) is 92.4 Å². The van der Waals surface area contributed by atoms with Gasteiger partial charge in [-0.2, -0.15) is 0 Å². The third-order valence-electron chi connectivity index (χ3n) is 19.4. The number of methoxy groups -OCH3 is 2. The number of Topliss-reactive ketones (excluding diaryl/α,β-unsaturated/α-hetero) is 1. The van der Waals surface area contributed by atoms with Crippen molar-refractivity contribution in [1.29, 1.82) is 0 Å². The maximum absolute atomic E-state index is 14.6. The van der Waals surface area contributed by atoms with Gasteiger partial charge in [0, 0.05) is 69.5 Å². The normalized spacial score (nSPS) is 33.8. The van der Waals surface area contributed by atoms with E-state index >= 15 is 0 Å². The molecule has 3 aromatic carbocycles. The molecule has 0 spiro atoms. The fourth-order valence-corrected chi connectivity index (χ4v) is 18.0. The number of unbranched alkanes of at least 4 members (excludes halogenated alkanes) is 2. The molecule has 3 fully saturated rings. The number of nitrogens with one attached hydrogen (secondary N) is 1. The molecule has 0 saturated carbocycles. The molecule has 7 rings (SSSR count). The molecule has 21 heteroatoms. The molecular formula is C68H103N5O15Si. The van der Waals surface area contributed by atoms with E-state index < -0.39 is 116 Å². The lowest BCUT2D eigenvalue weighted by atomic mass is 9.74. The van der Waals surface area contributed by atoms with Crippen LogP contribution in [0.15, 0.2) is 91.1 Å². The molecule has 0 radical (unpaired) electrons. The van der Waals surface area contributed by atoms with Crippen molar-refractivity contribution in [2.75, 3.05) is 21.3 Å². The lowest BCUT2D eigenvalue weighted by Gasteiger charge is -2.50. The zero-order valence-corrected chi connectivity index (χ0v) is 56.5. The summed E-state index contributed by atoms with van der Waals surface area (Å²) in [5.74, 6) is -4.93. The van der Waals surface area contributed by atoms with Gasteiger partial charge in [0.2, 0.25) is 5.91 Å². The number of ketones is 1. The Kier molecular flexibility index (Phi) is 24.3. The first-order valence-electron chi connectivity index (χ1n) is 32.0. The van der Waals surface area contributed by atoms with Crippen LogP contribution in [-0.2, 0) is 65.2 Å². The second-order valence-electron chi connectivity index (χ2n) is 27.2. The minimum atomic E-state index is -2.92. The van der Waals surface area contributed by atoms with Crippen molar-refractivity contribution in [3.05, 3.63) is 96.7 Å². The first-order chi connectivity index (χ1) is 41.9. The largest absolute Gasteiger partial charge is 0.459 e. The fourth-order valence-electron chi connectivity index (χ4n) is 13.8. The summed E-state index contributed by atoms with van der Waals surface area (Å²) in [6.07, 6.45) is -5.19. The summed E-state index contributed by atoms with van der Waals surface area (Å²) in [6, 6.07) is 28.0. The number of benzene rings is 3. The van der Waals surface area contributed by atoms with Gasteiger partial charge < -0.3 is 58.1 Å². The topological polar surface area (TPSA) is 252 Å². The van der Waals surface area contributed by atoms with Crippen molar-refractivity contribution in [1.82, 2.24) is 25.4 Å². The molecule has 18 atom stereocenters. The number of hydrogen-bond acceptors (Lipinski definition) is 18. The highest BCUT2D eigenvalue weighted by Crippen LogP contribution is 2.43.